The van der Waals surface area contributed by atoms with Crippen molar-refractivity contribution in [2.75, 3.05) is 19.5 Å². The molecular weight excluding hydrogens is 264 g/mol. The van der Waals surface area contributed by atoms with Gasteiger partial charge < -0.3 is 9.84 Å². The summed E-state index contributed by atoms with van der Waals surface area (Å²) in [4.78, 5) is 0.284. The second kappa shape index (κ2) is 6.91. The molecule has 1 aromatic carbocycles. The third kappa shape index (κ3) is 4.21. The van der Waals surface area contributed by atoms with Crippen LogP contribution in [0.15, 0.2) is 23.1 Å². The SMILES string of the molecule is COc1cc(S(=O)(=O)CCCCO)ccc1C(C)C. The van der Waals surface area contributed by atoms with Crippen LogP contribution in [-0.2, 0) is 9.84 Å². The first-order valence-corrected chi connectivity index (χ1v) is 8.09. The first-order valence-electron chi connectivity index (χ1n) is 6.44. The van der Waals surface area contributed by atoms with Gasteiger partial charge in [0.15, 0.2) is 9.84 Å². The largest absolute Gasteiger partial charge is 0.496 e. The Morgan fingerprint density at radius 3 is 2.47 bits per heavy atom. The standard InChI is InChI=1S/C14H22O4S/c1-11(2)13-7-6-12(10-14(13)18-3)19(16,17)9-5-4-8-15/h6-7,10-11,15H,4-5,8-9H2,1-3H3. The van der Waals surface area contributed by atoms with Gasteiger partial charge in [-0.2, -0.15) is 0 Å². The van der Waals surface area contributed by atoms with Gasteiger partial charge in [0.2, 0.25) is 0 Å². The minimum absolute atomic E-state index is 0.0190. The Bertz CT molecular complexity index is 506. The van der Waals surface area contributed by atoms with E-state index < -0.39 is 9.84 Å². The lowest BCUT2D eigenvalue weighted by molar-refractivity contribution is 0.287. The van der Waals surface area contributed by atoms with Crippen LogP contribution < -0.4 is 4.74 Å². The van der Waals surface area contributed by atoms with Crippen LogP contribution in [0.3, 0.4) is 0 Å². The number of methoxy groups -OCH3 is 1. The van der Waals surface area contributed by atoms with E-state index in [-0.39, 0.29) is 23.2 Å². The topological polar surface area (TPSA) is 63.6 Å². The lowest BCUT2D eigenvalue weighted by Gasteiger charge is -2.13. The molecule has 0 bridgehead atoms. The fourth-order valence-corrected chi connectivity index (χ4v) is 3.27. The van der Waals surface area contributed by atoms with Gasteiger partial charge >= 0.3 is 0 Å². The van der Waals surface area contributed by atoms with E-state index in [0.717, 1.165) is 5.56 Å². The molecule has 0 amide bonds. The van der Waals surface area contributed by atoms with Crippen LogP contribution in [-0.4, -0.2) is 33.0 Å². The maximum Gasteiger partial charge on any atom is 0.178 e. The number of aliphatic hydroxyl groups is 1. The van der Waals surface area contributed by atoms with Gasteiger partial charge in [0.1, 0.15) is 5.75 Å². The Balaban J connectivity index is 3.01. The molecule has 108 valence electrons. The zero-order chi connectivity index (χ0) is 14.5. The van der Waals surface area contributed by atoms with E-state index in [0.29, 0.717) is 18.6 Å². The Kier molecular flexibility index (Phi) is 5.82. The lowest BCUT2D eigenvalue weighted by Crippen LogP contribution is -2.08. The summed E-state index contributed by atoms with van der Waals surface area (Å²) >= 11 is 0. The molecule has 0 aromatic heterocycles. The molecule has 0 aliphatic rings. The van der Waals surface area contributed by atoms with Crippen LogP contribution in [0.2, 0.25) is 0 Å². The lowest BCUT2D eigenvalue weighted by atomic mass is 10.0. The Hall–Kier alpha value is -1.07. The molecule has 1 rings (SSSR count). The summed E-state index contributed by atoms with van der Waals surface area (Å²) in [6, 6.07) is 5.03. The van der Waals surface area contributed by atoms with Gasteiger partial charge in [0.25, 0.3) is 0 Å². The molecule has 0 radical (unpaired) electrons. The molecule has 0 aliphatic carbocycles. The molecule has 0 saturated carbocycles. The number of hydrogen-bond acceptors (Lipinski definition) is 4. The molecule has 0 fully saturated rings. The molecule has 0 saturated heterocycles. The average molecular weight is 286 g/mol. The van der Waals surface area contributed by atoms with Gasteiger partial charge in [-0.25, -0.2) is 8.42 Å². The minimum atomic E-state index is -3.30. The number of hydrogen-bond donors (Lipinski definition) is 1. The molecule has 0 aliphatic heterocycles. The van der Waals surface area contributed by atoms with Crippen LogP contribution >= 0.6 is 0 Å². The van der Waals surface area contributed by atoms with Gasteiger partial charge in [0.05, 0.1) is 17.8 Å². The highest BCUT2D eigenvalue weighted by Crippen LogP contribution is 2.29. The number of ether oxygens (including phenoxy) is 1. The van der Waals surface area contributed by atoms with E-state index >= 15 is 0 Å². The zero-order valence-electron chi connectivity index (χ0n) is 11.7. The molecule has 0 unspecified atom stereocenters. The molecule has 1 N–H and O–H groups in total. The molecule has 1 aromatic rings. The van der Waals surface area contributed by atoms with Crippen molar-refractivity contribution in [1.29, 1.82) is 0 Å². The van der Waals surface area contributed by atoms with E-state index in [9.17, 15) is 8.42 Å². The van der Waals surface area contributed by atoms with E-state index in [1.54, 1.807) is 19.2 Å². The smallest absolute Gasteiger partial charge is 0.178 e. The van der Waals surface area contributed by atoms with Crippen molar-refractivity contribution in [1.82, 2.24) is 0 Å². The molecular formula is C14H22O4S. The number of benzene rings is 1. The van der Waals surface area contributed by atoms with Crippen molar-refractivity contribution in [3.05, 3.63) is 23.8 Å². The zero-order valence-corrected chi connectivity index (χ0v) is 12.5. The molecule has 0 heterocycles. The summed E-state index contributed by atoms with van der Waals surface area (Å²) in [5.74, 6) is 0.942. The normalized spacial score (nSPS) is 11.8. The monoisotopic (exact) mass is 286 g/mol. The second-order valence-corrected chi connectivity index (χ2v) is 6.92. The van der Waals surface area contributed by atoms with Gasteiger partial charge in [-0.15, -0.1) is 0 Å². The molecule has 4 nitrogen and oxygen atoms in total. The molecule has 19 heavy (non-hydrogen) atoms. The highest BCUT2D eigenvalue weighted by molar-refractivity contribution is 7.91. The number of aliphatic hydroxyl groups excluding tert-OH is 1. The van der Waals surface area contributed by atoms with Crippen molar-refractivity contribution < 1.29 is 18.3 Å². The fourth-order valence-electron chi connectivity index (χ4n) is 1.88. The highest BCUT2D eigenvalue weighted by atomic mass is 32.2. The maximum atomic E-state index is 12.1. The van der Waals surface area contributed by atoms with Crippen LogP contribution in [0.5, 0.6) is 5.75 Å². The predicted octanol–water partition coefficient (Wildman–Crippen LogP) is 2.36. The predicted molar refractivity (Wildman–Crippen MR) is 75.5 cm³/mol. The quantitative estimate of drug-likeness (QED) is 0.782. The third-order valence-corrected chi connectivity index (χ3v) is 4.81. The average Bonchev–Trinajstić information content (AvgIpc) is 2.38. The van der Waals surface area contributed by atoms with Gasteiger partial charge in [-0.3, -0.25) is 0 Å². The summed E-state index contributed by atoms with van der Waals surface area (Å²) in [6.07, 6.45) is 0.966. The number of sulfone groups is 1. The van der Waals surface area contributed by atoms with E-state index in [4.69, 9.17) is 9.84 Å². The first-order chi connectivity index (χ1) is 8.92. The van der Waals surface area contributed by atoms with Crippen molar-refractivity contribution in [2.45, 2.75) is 37.5 Å². The molecule has 0 atom stereocenters. The minimum Gasteiger partial charge on any atom is -0.496 e. The summed E-state index contributed by atoms with van der Waals surface area (Å²) in [7, 11) is -1.75. The Labute approximate surface area is 115 Å². The summed E-state index contributed by atoms with van der Waals surface area (Å²) < 4.78 is 29.5. The maximum absolute atomic E-state index is 12.1. The first kappa shape index (κ1) is 16.0. The van der Waals surface area contributed by atoms with Crippen LogP contribution in [0.4, 0.5) is 0 Å². The number of rotatable bonds is 7. The highest BCUT2D eigenvalue weighted by Gasteiger charge is 2.17. The van der Waals surface area contributed by atoms with Gasteiger partial charge in [0, 0.05) is 6.61 Å². The van der Waals surface area contributed by atoms with E-state index in [2.05, 4.69) is 0 Å². The van der Waals surface area contributed by atoms with E-state index in [1.165, 1.54) is 0 Å². The second-order valence-electron chi connectivity index (χ2n) is 4.81. The Morgan fingerprint density at radius 2 is 1.95 bits per heavy atom. The van der Waals surface area contributed by atoms with Gasteiger partial charge in [-0.1, -0.05) is 19.9 Å². The van der Waals surface area contributed by atoms with Gasteiger partial charge in [-0.05, 0) is 36.5 Å². The van der Waals surface area contributed by atoms with Crippen molar-refractivity contribution >= 4 is 9.84 Å². The summed E-state index contributed by atoms with van der Waals surface area (Å²) in [5, 5.41) is 8.70. The van der Waals surface area contributed by atoms with Crippen LogP contribution in [0, 0.1) is 0 Å². The van der Waals surface area contributed by atoms with Crippen molar-refractivity contribution in [2.24, 2.45) is 0 Å². The molecule has 5 heteroatoms. The van der Waals surface area contributed by atoms with E-state index in [1.807, 2.05) is 19.9 Å². The van der Waals surface area contributed by atoms with Crippen LogP contribution in [0.1, 0.15) is 38.2 Å². The summed E-state index contributed by atoms with van der Waals surface area (Å²) in [6.45, 7) is 4.09. The number of unbranched alkanes of at least 4 members (excludes halogenated alkanes) is 1. The third-order valence-electron chi connectivity index (χ3n) is 3.01. The Morgan fingerprint density at radius 1 is 1.26 bits per heavy atom. The molecule has 0 spiro atoms. The van der Waals surface area contributed by atoms with Crippen LogP contribution in [0.25, 0.3) is 0 Å². The fraction of sp³-hybridized carbons (Fsp3) is 0.571. The summed E-state index contributed by atoms with van der Waals surface area (Å²) in [5.41, 5.74) is 0.997. The van der Waals surface area contributed by atoms with Crippen molar-refractivity contribution in [3.8, 4) is 5.75 Å². The van der Waals surface area contributed by atoms with Crippen molar-refractivity contribution in [3.63, 3.8) is 0 Å².